The third-order valence-corrected chi connectivity index (χ3v) is 1.24. The van der Waals surface area contributed by atoms with E-state index in [2.05, 4.69) is 28.4 Å². The highest BCUT2D eigenvalue weighted by molar-refractivity contribution is 7.80. The van der Waals surface area contributed by atoms with Gasteiger partial charge in [0.2, 0.25) is 0 Å². The molecule has 0 saturated carbocycles. The van der Waals surface area contributed by atoms with Gasteiger partial charge in [-0.2, -0.15) is 0 Å². The van der Waals surface area contributed by atoms with Gasteiger partial charge < -0.3 is 15.8 Å². The Labute approximate surface area is 82.0 Å². The van der Waals surface area contributed by atoms with Gasteiger partial charge in [0.1, 0.15) is 0 Å². The Bertz CT molecular complexity index is 164. The molecule has 0 bridgehead atoms. The monoisotopic (exact) mass is 208 g/mol. The molecule has 5 N–H and O–H groups in total. The Morgan fingerprint density at radius 2 is 2.08 bits per heavy atom. The second-order valence-corrected chi connectivity index (χ2v) is 2.71. The lowest BCUT2D eigenvalue weighted by atomic mass is 10.7. The fraction of sp³-hybridized carbons (Fsp3) is 0.600. The van der Waals surface area contributed by atoms with E-state index in [0.717, 1.165) is 0 Å². The first-order chi connectivity index (χ1) is 5.66. The molecule has 0 atom stereocenters. The lowest BCUT2D eigenvalue weighted by molar-refractivity contribution is 0.204. The first-order valence-corrected chi connectivity index (χ1v) is 4.06. The number of ether oxygens (including phenoxy) is 1. The predicted molar refractivity (Wildman–Crippen MR) is 55.5 cm³/mol. The van der Waals surface area contributed by atoms with Gasteiger partial charge in [-0.1, -0.05) is 0 Å². The lowest BCUT2D eigenvalue weighted by Gasteiger charge is -2.10. The van der Waals surface area contributed by atoms with Crippen LogP contribution in [0.4, 0.5) is 0 Å². The van der Waals surface area contributed by atoms with Crippen molar-refractivity contribution in [2.75, 3.05) is 20.3 Å². The summed E-state index contributed by atoms with van der Waals surface area (Å²) in [6.45, 7) is 1.23. The zero-order valence-corrected chi connectivity index (χ0v) is 8.35. The molecule has 0 aliphatic heterocycles. The van der Waals surface area contributed by atoms with Crippen molar-refractivity contribution in [1.29, 1.82) is 0 Å². The second-order valence-electron chi connectivity index (χ2n) is 1.86. The van der Waals surface area contributed by atoms with E-state index < -0.39 is 0 Å². The Kier molecular flexibility index (Phi) is 6.63. The van der Waals surface area contributed by atoms with Crippen molar-refractivity contribution in [1.82, 2.24) is 16.2 Å². The maximum absolute atomic E-state index is 5.14. The molecule has 0 radical (unpaired) electrons. The van der Waals surface area contributed by atoms with Crippen molar-refractivity contribution < 1.29 is 4.74 Å². The molecule has 0 rings (SSSR count). The number of nitrogens with two attached hydrogens (primary N) is 1. The molecule has 0 aromatic carbocycles. The van der Waals surface area contributed by atoms with E-state index in [1.165, 1.54) is 0 Å². The summed E-state index contributed by atoms with van der Waals surface area (Å²) < 4.78 is 4.80. The van der Waals surface area contributed by atoms with Crippen molar-refractivity contribution in [2.45, 2.75) is 0 Å². The second kappa shape index (κ2) is 7.01. The van der Waals surface area contributed by atoms with Crippen molar-refractivity contribution in [3.8, 4) is 0 Å². The summed E-state index contributed by atoms with van der Waals surface area (Å²) in [6, 6.07) is 0. The summed E-state index contributed by atoms with van der Waals surface area (Å²) in [7, 11) is 1.62. The minimum atomic E-state index is 0.144. The standard InChI is InChI=1S/C5H12N4OS2/c1-10-3-2-7-5(12)9-8-4(6)11/h2-3H2,1H3,(H3,6,8,11)(H2,7,9,12). The first-order valence-electron chi connectivity index (χ1n) is 3.25. The normalized spacial score (nSPS) is 8.75. The lowest BCUT2D eigenvalue weighted by Crippen LogP contribution is -2.49. The van der Waals surface area contributed by atoms with Crippen LogP contribution in [0.15, 0.2) is 0 Å². The zero-order chi connectivity index (χ0) is 9.40. The molecule has 0 heterocycles. The first kappa shape index (κ1) is 11.3. The van der Waals surface area contributed by atoms with Crippen LogP contribution in [-0.4, -0.2) is 30.5 Å². The van der Waals surface area contributed by atoms with E-state index in [9.17, 15) is 0 Å². The molecule has 0 amide bonds. The summed E-state index contributed by atoms with van der Waals surface area (Å²) >= 11 is 9.37. The van der Waals surface area contributed by atoms with Crippen molar-refractivity contribution in [3.63, 3.8) is 0 Å². The van der Waals surface area contributed by atoms with Gasteiger partial charge in [-0.3, -0.25) is 10.9 Å². The molecular weight excluding hydrogens is 196 g/mol. The van der Waals surface area contributed by atoms with Crippen LogP contribution in [0.25, 0.3) is 0 Å². The minimum Gasteiger partial charge on any atom is -0.383 e. The molecule has 0 fully saturated rings. The molecule has 7 heteroatoms. The smallest absolute Gasteiger partial charge is 0.185 e. The number of methoxy groups -OCH3 is 1. The largest absolute Gasteiger partial charge is 0.383 e. The number of hydrazine groups is 1. The van der Waals surface area contributed by atoms with Crippen LogP contribution in [0.3, 0.4) is 0 Å². The number of rotatable bonds is 3. The summed E-state index contributed by atoms with van der Waals surface area (Å²) in [5.41, 5.74) is 10.2. The van der Waals surface area contributed by atoms with Gasteiger partial charge in [-0.05, 0) is 24.4 Å². The Balaban J connectivity index is 3.28. The van der Waals surface area contributed by atoms with Crippen molar-refractivity contribution in [2.24, 2.45) is 5.73 Å². The van der Waals surface area contributed by atoms with Crippen LogP contribution in [0.1, 0.15) is 0 Å². The molecule has 5 nitrogen and oxygen atoms in total. The number of thiocarbonyl (C=S) groups is 2. The minimum absolute atomic E-state index is 0.144. The van der Waals surface area contributed by atoms with Crippen molar-refractivity contribution >= 4 is 34.7 Å². The fourth-order valence-corrected chi connectivity index (χ4v) is 0.633. The average Bonchev–Trinajstić information content (AvgIpc) is 2.01. The molecule has 0 aromatic heterocycles. The van der Waals surface area contributed by atoms with Gasteiger partial charge >= 0.3 is 0 Å². The highest BCUT2D eigenvalue weighted by Crippen LogP contribution is 1.66. The van der Waals surface area contributed by atoms with Crippen molar-refractivity contribution in [3.05, 3.63) is 0 Å². The summed E-state index contributed by atoms with van der Waals surface area (Å²) in [5.74, 6) is 0. The van der Waals surface area contributed by atoms with Gasteiger partial charge in [0.05, 0.1) is 6.61 Å². The predicted octanol–water partition coefficient (Wildman–Crippen LogP) is -1.15. The third-order valence-electron chi connectivity index (χ3n) is 0.891. The Morgan fingerprint density at radius 3 is 2.58 bits per heavy atom. The quantitative estimate of drug-likeness (QED) is 0.265. The number of hydrogen-bond acceptors (Lipinski definition) is 3. The number of nitrogens with one attached hydrogen (secondary N) is 3. The highest BCUT2D eigenvalue weighted by atomic mass is 32.1. The Hall–Kier alpha value is -0.660. The van der Waals surface area contributed by atoms with E-state index >= 15 is 0 Å². The molecule has 0 aliphatic carbocycles. The molecule has 0 spiro atoms. The van der Waals surface area contributed by atoms with E-state index in [0.29, 0.717) is 18.3 Å². The van der Waals surface area contributed by atoms with Crippen LogP contribution < -0.4 is 21.9 Å². The number of hydrogen-bond donors (Lipinski definition) is 4. The van der Waals surface area contributed by atoms with Gasteiger partial charge in [0, 0.05) is 13.7 Å². The van der Waals surface area contributed by atoms with E-state index in [-0.39, 0.29) is 5.11 Å². The van der Waals surface area contributed by atoms with E-state index in [1.54, 1.807) is 7.11 Å². The van der Waals surface area contributed by atoms with Gasteiger partial charge in [-0.15, -0.1) is 0 Å². The van der Waals surface area contributed by atoms with Gasteiger partial charge in [0.25, 0.3) is 0 Å². The SMILES string of the molecule is COCCNC(=S)NNC(N)=S. The van der Waals surface area contributed by atoms with Crippen LogP contribution >= 0.6 is 24.4 Å². The van der Waals surface area contributed by atoms with E-state index in [1.807, 2.05) is 0 Å². The van der Waals surface area contributed by atoms with E-state index in [4.69, 9.17) is 22.7 Å². The third kappa shape index (κ3) is 7.45. The van der Waals surface area contributed by atoms with Crippen LogP contribution in [0, 0.1) is 0 Å². The molecule has 70 valence electrons. The van der Waals surface area contributed by atoms with Gasteiger partial charge in [0.15, 0.2) is 10.2 Å². The van der Waals surface area contributed by atoms with Gasteiger partial charge in [-0.25, -0.2) is 0 Å². The molecular formula is C5H12N4OS2. The van der Waals surface area contributed by atoms with Crippen LogP contribution in [0.2, 0.25) is 0 Å². The maximum Gasteiger partial charge on any atom is 0.185 e. The molecule has 0 unspecified atom stereocenters. The topological polar surface area (TPSA) is 71.3 Å². The Morgan fingerprint density at radius 1 is 1.42 bits per heavy atom. The summed E-state index contributed by atoms with van der Waals surface area (Å²) in [6.07, 6.45) is 0. The molecule has 0 aliphatic rings. The summed E-state index contributed by atoms with van der Waals surface area (Å²) in [5, 5.41) is 3.43. The van der Waals surface area contributed by atoms with Crippen LogP contribution in [0.5, 0.6) is 0 Å². The average molecular weight is 208 g/mol. The maximum atomic E-state index is 5.14. The molecule has 0 saturated heterocycles. The zero-order valence-electron chi connectivity index (χ0n) is 6.72. The highest BCUT2D eigenvalue weighted by Gasteiger charge is 1.92. The fourth-order valence-electron chi connectivity index (χ4n) is 0.429. The summed E-state index contributed by atoms with van der Waals surface area (Å²) in [4.78, 5) is 0. The van der Waals surface area contributed by atoms with Crippen LogP contribution in [-0.2, 0) is 4.74 Å². The molecule has 0 aromatic rings. The molecule has 12 heavy (non-hydrogen) atoms.